The number of benzene rings is 1. The predicted molar refractivity (Wildman–Crippen MR) is 78.3 cm³/mol. The molecule has 0 unspecified atom stereocenters. The van der Waals surface area contributed by atoms with Crippen molar-refractivity contribution in [3.8, 4) is 5.75 Å². The van der Waals surface area contributed by atoms with E-state index in [1.165, 1.54) is 32.6 Å². The molecule has 0 radical (unpaired) electrons. The zero-order valence-electron chi connectivity index (χ0n) is 11.7. The average molecular weight is 287 g/mol. The van der Waals surface area contributed by atoms with Crippen molar-refractivity contribution in [3.63, 3.8) is 0 Å². The van der Waals surface area contributed by atoms with E-state index < -0.39 is 5.82 Å². The van der Waals surface area contributed by atoms with Gasteiger partial charge in [0.1, 0.15) is 0 Å². The van der Waals surface area contributed by atoms with Crippen LogP contribution in [0.5, 0.6) is 5.75 Å². The van der Waals surface area contributed by atoms with Crippen molar-refractivity contribution in [3.05, 3.63) is 59.7 Å². The Labute approximate surface area is 121 Å². The fourth-order valence-electron chi connectivity index (χ4n) is 1.62. The highest BCUT2D eigenvalue weighted by molar-refractivity contribution is 5.94. The maximum atomic E-state index is 13.5. The number of pyridine rings is 1. The molecule has 0 aliphatic rings. The second-order valence-corrected chi connectivity index (χ2v) is 3.98. The van der Waals surface area contributed by atoms with Crippen molar-refractivity contribution in [2.24, 2.45) is 10.2 Å². The highest BCUT2D eigenvalue weighted by Crippen LogP contribution is 2.16. The third-order valence-corrected chi connectivity index (χ3v) is 2.65. The smallest absolute Gasteiger partial charge is 0.240 e. The van der Waals surface area contributed by atoms with Gasteiger partial charge in [-0.05, 0) is 35.9 Å². The number of aromatic nitrogens is 1. The van der Waals surface area contributed by atoms with Crippen LogP contribution in [-0.4, -0.2) is 31.3 Å². The average Bonchev–Trinajstić information content (AvgIpc) is 2.52. The first-order valence-corrected chi connectivity index (χ1v) is 6.13. The van der Waals surface area contributed by atoms with Crippen LogP contribution in [0.1, 0.15) is 11.1 Å². The van der Waals surface area contributed by atoms with Crippen LogP contribution in [0.25, 0.3) is 0 Å². The Hall–Kier alpha value is -2.76. The summed E-state index contributed by atoms with van der Waals surface area (Å²) in [4.78, 5) is 3.91. The molecule has 5 nitrogen and oxygen atoms in total. The van der Waals surface area contributed by atoms with Gasteiger partial charge in [-0.3, -0.25) is 4.98 Å². The molecule has 0 atom stereocenters. The lowest BCUT2D eigenvalue weighted by atomic mass is 10.2. The molecule has 0 spiro atoms. The highest BCUT2D eigenvalue weighted by atomic mass is 19.1. The van der Waals surface area contributed by atoms with Crippen LogP contribution in [-0.2, 0) is 4.74 Å². The van der Waals surface area contributed by atoms with Crippen LogP contribution in [0.15, 0.2) is 52.9 Å². The second-order valence-electron chi connectivity index (χ2n) is 3.98. The lowest BCUT2D eigenvalue weighted by molar-refractivity contribution is 0.386. The number of nitrogens with zero attached hydrogens (tertiary/aromatic N) is 3. The predicted octanol–water partition coefficient (Wildman–Crippen LogP) is 2.66. The summed E-state index contributed by atoms with van der Waals surface area (Å²) in [6.07, 6.45) is 4.70. The molecule has 2 rings (SSSR count). The summed E-state index contributed by atoms with van der Waals surface area (Å²) in [5, 5.41) is 7.86. The summed E-state index contributed by atoms with van der Waals surface area (Å²) >= 11 is 0. The van der Waals surface area contributed by atoms with Gasteiger partial charge >= 0.3 is 0 Å². The quantitative estimate of drug-likeness (QED) is 0.493. The van der Waals surface area contributed by atoms with E-state index in [0.717, 1.165) is 5.56 Å². The molecular formula is C15H14FN3O2. The minimum Gasteiger partial charge on any atom is -0.494 e. The number of ether oxygens (including phenoxy) is 2. The Morgan fingerprint density at radius 1 is 1.19 bits per heavy atom. The molecule has 0 bridgehead atoms. The van der Waals surface area contributed by atoms with Gasteiger partial charge in [-0.15, -0.1) is 5.10 Å². The zero-order chi connectivity index (χ0) is 15.1. The molecule has 1 aromatic carbocycles. The monoisotopic (exact) mass is 287 g/mol. The SMILES string of the molecule is CO/C(=N\N=C\c1ccc(OC)c(F)c1)c1ccncc1. The Bertz CT molecular complexity index is 657. The third kappa shape index (κ3) is 3.85. The van der Waals surface area contributed by atoms with Gasteiger partial charge in [-0.2, -0.15) is 5.10 Å². The number of hydrogen-bond donors (Lipinski definition) is 0. The first-order valence-electron chi connectivity index (χ1n) is 6.13. The van der Waals surface area contributed by atoms with E-state index in [1.807, 2.05) is 0 Å². The summed E-state index contributed by atoms with van der Waals surface area (Å²) in [5.41, 5.74) is 1.33. The molecule has 0 aliphatic carbocycles. The molecule has 1 heterocycles. The molecule has 1 aromatic heterocycles. The lowest BCUT2D eigenvalue weighted by Crippen LogP contribution is -2.02. The molecule has 6 heteroatoms. The molecule has 0 aliphatic heterocycles. The Kier molecular flexibility index (Phi) is 4.98. The standard InChI is InChI=1S/C15H14FN3O2/c1-20-14-4-3-11(9-13(14)16)10-18-19-15(21-2)12-5-7-17-8-6-12/h3-10H,1-2H3/b18-10+,19-15-. The summed E-state index contributed by atoms with van der Waals surface area (Å²) in [5.74, 6) is 0.0826. The molecule has 0 amide bonds. The molecule has 21 heavy (non-hydrogen) atoms. The Morgan fingerprint density at radius 2 is 1.95 bits per heavy atom. The molecule has 2 aromatic rings. The molecule has 0 N–H and O–H groups in total. The first kappa shape index (κ1) is 14.6. The highest BCUT2D eigenvalue weighted by Gasteiger charge is 2.03. The van der Waals surface area contributed by atoms with Crippen molar-refractivity contribution in [1.29, 1.82) is 0 Å². The van der Waals surface area contributed by atoms with Gasteiger partial charge in [-0.25, -0.2) is 4.39 Å². The Morgan fingerprint density at radius 3 is 2.57 bits per heavy atom. The van der Waals surface area contributed by atoms with Crippen LogP contribution in [0.2, 0.25) is 0 Å². The number of halogens is 1. The summed E-state index contributed by atoms with van der Waals surface area (Å²) in [7, 11) is 2.91. The van der Waals surface area contributed by atoms with Crippen molar-refractivity contribution in [1.82, 2.24) is 4.98 Å². The topological polar surface area (TPSA) is 56.1 Å². The van der Waals surface area contributed by atoms with E-state index in [4.69, 9.17) is 9.47 Å². The minimum atomic E-state index is -0.452. The molecule has 0 saturated carbocycles. The van der Waals surface area contributed by atoms with E-state index >= 15 is 0 Å². The van der Waals surface area contributed by atoms with Crippen molar-refractivity contribution >= 4 is 12.1 Å². The largest absolute Gasteiger partial charge is 0.494 e. The van der Waals surface area contributed by atoms with Gasteiger partial charge < -0.3 is 9.47 Å². The summed E-state index contributed by atoms with van der Waals surface area (Å²) in [6, 6.07) is 8.03. The number of hydrogen-bond acceptors (Lipinski definition) is 5. The first-order chi connectivity index (χ1) is 10.2. The van der Waals surface area contributed by atoms with Gasteiger partial charge in [0.15, 0.2) is 11.6 Å². The van der Waals surface area contributed by atoms with Crippen LogP contribution in [0, 0.1) is 5.82 Å². The van der Waals surface area contributed by atoms with Gasteiger partial charge in [0.25, 0.3) is 0 Å². The fraction of sp³-hybridized carbons (Fsp3) is 0.133. The third-order valence-electron chi connectivity index (χ3n) is 2.65. The van der Waals surface area contributed by atoms with Gasteiger partial charge in [0.05, 0.1) is 20.4 Å². The summed E-state index contributed by atoms with van der Waals surface area (Å²) in [6.45, 7) is 0. The van der Waals surface area contributed by atoms with Crippen LogP contribution >= 0.6 is 0 Å². The molecule has 108 valence electrons. The Balaban J connectivity index is 2.16. The van der Waals surface area contributed by atoms with E-state index in [-0.39, 0.29) is 5.75 Å². The maximum absolute atomic E-state index is 13.5. The van der Waals surface area contributed by atoms with Crippen molar-refractivity contribution in [2.75, 3.05) is 14.2 Å². The van der Waals surface area contributed by atoms with E-state index in [0.29, 0.717) is 11.5 Å². The number of methoxy groups -OCH3 is 2. The fourth-order valence-corrected chi connectivity index (χ4v) is 1.62. The van der Waals surface area contributed by atoms with Gasteiger partial charge in [-0.1, -0.05) is 0 Å². The zero-order valence-corrected chi connectivity index (χ0v) is 11.7. The molecule has 0 saturated heterocycles. The van der Waals surface area contributed by atoms with E-state index in [9.17, 15) is 4.39 Å². The van der Waals surface area contributed by atoms with Crippen molar-refractivity contribution < 1.29 is 13.9 Å². The maximum Gasteiger partial charge on any atom is 0.240 e. The van der Waals surface area contributed by atoms with Crippen LogP contribution in [0.3, 0.4) is 0 Å². The van der Waals surface area contributed by atoms with Gasteiger partial charge in [0.2, 0.25) is 5.90 Å². The minimum absolute atomic E-state index is 0.185. The van der Waals surface area contributed by atoms with Crippen LogP contribution in [0.4, 0.5) is 4.39 Å². The number of rotatable bonds is 4. The van der Waals surface area contributed by atoms with E-state index in [1.54, 1.807) is 30.6 Å². The lowest BCUT2D eigenvalue weighted by Gasteiger charge is -2.02. The molecule has 0 fully saturated rings. The normalized spacial score (nSPS) is 11.7. The van der Waals surface area contributed by atoms with E-state index in [2.05, 4.69) is 15.2 Å². The molecular weight excluding hydrogens is 273 g/mol. The second kappa shape index (κ2) is 7.14. The van der Waals surface area contributed by atoms with Gasteiger partial charge in [0, 0.05) is 18.0 Å². The summed E-state index contributed by atoms with van der Waals surface area (Å²) < 4.78 is 23.5. The van der Waals surface area contributed by atoms with Crippen molar-refractivity contribution in [2.45, 2.75) is 0 Å². The van der Waals surface area contributed by atoms with Crippen LogP contribution < -0.4 is 4.74 Å².